The Bertz CT molecular complexity index is 316. The molecular formula is C12H21NO6. The first-order valence-electron chi connectivity index (χ1n) is 5.81. The highest BCUT2D eigenvalue weighted by Gasteiger charge is 2.23. The van der Waals surface area contributed by atoms with Gasteiger partial charge in [-0.1, -0.05) is 0 Å². The first-order chi connectivity index (χ1) is 8.67. The standard InChI is InChI=1S/C12H21NO6/c1-12(2,3)19-11(16)13-8(6-9(14)17-4)7-10(15)18-5/h8H,6-7H2,1-5H3,(H,13,16). The molecule has 0 heterocycles. The molecule has 0 aromatic carbocycles. The number of nitrogens with one attached hydrogen (secondary N) is 1. The molecule has 0 aromatic rings. The zero-order valence-electron chi connectivity index (χ0n) is 11.9. The van der Waals surface area contributed by atoms with E-state index in [4.69, 9.17) is 4.74 Å². The lowest BCUT2D eigenvalue weighted by Crippen LogP contribution is -2.41. The Morgan fingerprint density at radius 2 is 1.42 bits per heavy atom. The maximum absolute atomic E-state index is 11.6. The largest absolute Gasteiger partial charge is 0.469 e. The van der Waals surface area contributed by atoms with Gasteiger partial charge < -0.3 is 19.5 Å². The third-order valence-electron chi connectivity index (χ3n) is 2.00. The normalized spacial score (nSPS) is 10.8. The van der Waals surface area contributed by atoms with E-state index >= 15 is 0 Å². The molecule has 19 heavy (non-hydrogen) atoms. The zero-order valence-corrected chi connectivity index (χ0v) is 11.9. The van der Waals surface area contributed by atoms with Crippen molar-refractivity contribution in [1.29, 1.82) is 0 Å². The molecule has 1 N–H and O–H groups in total. The number of carbonyl (C=O) groups is 3. The van der Waals surface area contributed by atoms with Gasteiger partial charge in [-0.15, -0.1) is 0 Å². The highest BCUT2D eigenvalue weighted by molar-refractivity contribution is 5.76. The van der Waals surface area contributed by atoms with Crippen LogP contribution >= 0.6 is 0 Å². The third-order valence-corrected chi connectivity index (χ3v) is 2.00. The fraction of sp³-hybridized carbons (Fsp3) is 0.750. The van der Waals surface area contributed by atoms with E-state index in [0.717, 1.165) is 0 Å². The van der Waals surface area contributed by atoms with Crippen LogP contribution in [0.3, 0.4) is 0 Å². The fourth-order valence-electron chi connectivity index (χ4n) is 1.22. The third kappa shape index (κ3) is 8.87. The molecule has 0 fully saturated rings. The summed E-state index contributed by atoms with van der Waals surface area (Å²) >= 11 is 0. The molecule has 0 aliphatic heterocycles. The summed E-state index contributed by atoms with van der Waals surface area (Å²) in [5.41, 5.74) is -0.662. The Morgan fingerprint density at radius 3 is 1.74 bits per heavy atom. The summed E-state index contributed by atoms with van der Waals surface area (Å²) in [6, 6.07) is -0.727. The number of hydrogen-bond donors (Lipinski definition) is 1. The zero-order chi connectivity index (χ0) is 15.1. The van der Waals surface area contributed by atoms with Gasteiger partial charge in [0.15, 0.2) is 0 Å². The summed E-state index contributed by atoms with van der Waals surface area (Å²) in [4.78, 5) is 34.0. The van der Waals surface area contributed by atoms with Crippen LogP contribution in [0.1, 0.15) is 33.6 Å². The number of ether oxygens (including phenoxy) is 3. The predicted octanol–water partition coefficient (Wildman–Crippen LogP) is 1.01. The first kappa shape index (κ1) is 17.2. The van der Waals surface area contributed by atoms with Crippen molar-refractivity contribution in [2.75, 3.05) is 14.2 Å². The molecule has 0 rings (SSSR count). The maximum Gasteiger partial charge on any atom is 0.407 e. The van der Waals surface area contributed by atoms with Crippen LogP contribution in [0.2, 0.25) is 0 Å². The molecule has 0 bridgehead atoms. The van der Waals surface area contributed by atoms with Crippen LogP contribution in [0.15, 0.2) is 0 Å². The molecule has 7 nitrogen and oxygen atoms in total. The quantitative estimate of drug-likeness (QED) is 0.594. The summed E-state index contributed by atoms with van der Waals surface area (Å²) in [6.45, 7) is 5.13. The number of methoxy groups -OCH3 is 2. The molecule has 0 aliphatic rings. The molecule has 110 valence electrons. The van der Waals surface area contributed by atoms with Crippen LogP contribution in [0.4, 0.5) is 4.79 Å². The number of rotatable bonds is 5. The Kier molecular flexibility index (Phi) is 6.89. The van der Waals surface area contributed by atoms with Gasteiger partial charge in [-0.05, 0) is 20.8 Å². The van der Waals surface area contributed by atoms with E-state index in [1.807, 2.05) is 0 Å². The maximum atomic E-state index is 11.6. The van der Waals surface area contributed by atoms with Gasteiger partial charge >= 0.3 is 18.0 Å². The van der Waals surface area contributed by atoms with Crippen molar-refractivity contribution in [2.45, 2.75) is 45.3 Å². The first-order valence-corrected chi connectivity index (χ1v) is 5.81. The van der Waals surface area contributed by atoms with Crippen LogP contribution in [-0.2, 0) is 23.8 Å². The topological polar surface area (TPSA) is 90.9 Å². The van der Waals surface area contributed by atoms with Crippen molar-refractivity contribution in [3.63, 3.8) is 0 Å². The molecular weight excluding hydrogens is 254 g/mol. The monoisotopic (exact) mass is 275 g/mol. The molecule has 1 amide bonds. The summed E-state index contributed by atoms with van der Waals surface area (Å²) < 4.78 is 14.0. The van der Waals surface area contributed by atoms with Crippen molar-refractivity contribution in [3.05, 3.63) is 0 Å². The average Bonchev–Trinajstić information content (AvgIpc) is 2.25. The van der Waals surface area contributed by atoms with Crippen molar-refractivity contribution < 1.29 is 28.6 Å². The Morgan fingerprint density at radius 1 is 1.00 bits per heavy atom. The molecule has 0 saturated heterocycles. The van der Waals surface area contributed by atoms with Crippen molar-refractivity contribution in [2.24, 2.45) is 0 Å². The molecule has 0 radical (unpaired) electrons. The SMILES string of the molecule is COC(=O)CC(CC(=O)OC)NC(=O)OC(C)(C)C. The summed E-state index contributed by atoms with van der Waals surface area (Å²) in [5.74, 6) is -1.07. The lowest BCUT2D eigenvalue weighted by Gasteiger charge is -2.22. The van der Waals surface area contributed by atoms with E-state index in [1.54, 1.807) is 20.8 Å². The molecule has 0 aromatic heterocycles. The van der Waals surface area contributed by atoms with E-state index in [0.29, 0.717) is 0 Å². The van der Waals surface area contributed by atoms with E-state index in [-0.39, 0.29) is 12.8 Å². The lowest BCUT2D eigenvalue weighted by molar-refractivity contribution is -0.143. The minimum absolute atomic E-state index is 0.134. The number of hydrogen-bond acceptors (Lipinski definition) is 6. The minimum atomic E-state index is -0.727. The van der Waals surface area contributed by atoms with E-state index in [9.17, 15) is 14.4 Å². The van der Waals surface area contributed by atoms with Gasteiger partial charge in [-0.3, -0.25) is 9.59 Å². The van der Waals surface area contributed by atoms with E-state index < -0.39 is 29.7 Å². The number of carbonyl (C=O) groups excluding carboxylic acids is 3. The minimum Gasteiger partial charge on any atom is -0.469 e. The van der Waals surface area contributed by atoms with Crippen LogP contribution < -0.4 is 5.32 Å². The van der Waals surface area contributed by atoms with Gasteiger partial charge in [0.1, 0.15) is 5.60 Å². The van der Waals surface area contributed by atoms with Gasteiger partial charge in [0, 0.05) is 0 Å². The molecule has 0 unspecified atom stereocenters. The summed E-state index contributed by atoms with van der Waals surface area (Å²) in [5, 5.41) is 2.44. The van der Waals surface area contributed by atoms with Crippen LogP contribution in [-0.4, -0.2) is 43.9 Å². The number of alkyl carbamates (subject to hydrolysis) is 1. The molecule has 0 atom stereocenters. The molecule has 0 spiro atoms. The summed E-state index contributed by atoms with van der Waals surface area (Å²) in [6.07, 6.45) is -0.972. The van der Waals surface area contributed by atoms with Crippen LogP contribution in [0.25, 0.3) is 0 Å². The lowest BCUT2D eigenvalue weighted by atomic mass is 10.1. The van der Waals surface area contributed by atoms with Gasteiger partial charge in [-0.25, -0.2) is 4.79 Å². The van der Waals surface area contributed by atoms with Gasteiger partial charge in [0.05, 0.1) is 33.1 Å². The predicted molar refractivity (Wildman–Crippen MR) is 66.4 cm³/mol. The Labute approximate surface area is 112 Å². The van der Waals surface area contributed by atoms with Gasteiger partial charge in [0.25, 0.3) is 0 Å². The van der Waals surface area contributed by atoms with E-state index in [2.05, 4.69) is 14.8 Å². The second-order valence-electron chi connectivity index (χ2n) is 4.90. The fourth-order valence-corrected chi connectivity index (χ4v) is 1.22. The molecule has 0 aliphatic carbocycles. The number of esters is 2. The second kappa shape index (κ2) is 7.60. The highest BCUT2D eigenvalue weighted by atomic mass is 16.6. The molecule has 0 saturated carbocycles. The van der Waals surface area contributed by atoms with Crippen molar-refractivity contribution >= 4 is 18.0 Å². The number of amides is 1. The summed E-state index contributed by atoms with van der Waals surface area (Å²) in [7, 11) is 2.45. The van der Waals surface area contributed by atoms with Crippen molar-refractivity contribution in [1.82, 2.24) is 5.32 Å². The van der Waals surface area contributed by atoms with Crippen molar-refractivity contribution in [3.8, 4) is 0 Å². The van der Waals surface area contributed by atoms with Gasteiger partial charge in [-0.2, -0.15) is 0 Å². The van der Waals surface area contributed by atoms with E-state index in [1.165, 1.54) is 14.2 Å². The Hall–Kier alpha value is -1.79. The average molecular weight is 275 g/mol. The van der Waals surface area contributed by atoms with Crippen LogP contribution in [0.5, 0.6) is 0 Å². The highest BCUT2D eigenvalue weighted by Crippen LogP contribution is 2.08. The van der Waals surface area contributed by atoms with Crippen LogP contribution in [0, 0.1) is 0 Å². The smallest absolute Gasteiger partial charge is 0.407 e. The van der Waals surface area contributed by atoms with Gasteiger partial charge in [0.2, 0.25) is 0 Å². The Balaban J connectivity index is 4.52. The molecule has 7 heteroatoms. The second-order valence-corrected chi connectivity index (χ2v) is 4.90.